The average molecular weight is 253 g/mol. The topological polar surface area (TPSA) is 46.2 Å². The Kier molecular flexibility index (Phi) is 6.55. The predicted octanol–water partition coefficient (Wildman–Crippen LogP) is 2.55. The quantitative estimate of drug-likeness (QED) is 0.571. The normalized spacial score (nSPS) is 12.1. The van der Waals surface area contributed by atoms with E-state index in [-0.39, 0.29) is 11.9 Å². The number of rotatable bonds is 8. The molecule has 0 radical (unpaired) electrons. The fourth-order valence-corrected chi connectivity index (χ4v) is 2.35. The second-order valence-corrected chi connectivity index (χ2v) is 5.02. The number of hydrogen-bond donors (Lipinski definition) is 1. The zero-order valence-corrected chi connectivity index (χ0v) is 11.0. The number of carbonyl (C=O) groups is 2. The molecule has 4 heteroatoms. The van der Waals surface area contributed by atoms with E-state index in [1.807, 2.05) is 0 Å². The lowest BCUT2D eigenvalue weighted by atomic mass is 10.1. The van der Waals surface area contributed by atoms with Crippen LogP contribution in [-0.2, 0) is 16.0 Å². The Morgan fingerprint density at radius 1 is 1.53 bits per heavy atom. The van der Waals surface area contributed by atoms with Crippen molar-refractivity contribution in [3.8, 4) is 0 Å². The third kappa shape index (κ3) is 5.63. The SMILES string of the molecule is CCC(=O)NC(C=O)CCCCc1cccs1. The molecule has 0 bridgehead atoms. The number of aldehydes is 1. The first-order valence-corrected chi connectivity index (χ1v) is 6.91. The van der Waals surface area contributed by atoms with Crippen LogP contribution in [0.5, 0.6) is 0 Å². The Bertz CT molecular complexity index is 335. The maximum absolute atomic E-state index is 11.1. The van der Waals surface area contributed by atoms with Gasteiger partial charge in [-0.15, -0.1) is 11.3 Å². The Labute approximate surface area is 106 Å². The highest BCUT2D eigenvalue weighted by atomic mass is 32.1. The van der Waals surface area contributed by atoms with E-state index in [0.717, 1.165) is 32.0 Å². The molecular formula is C13H19NO2S. The number of amides is 1. The van der Waals surface area contributed by atoms with Crippen LogP contribution in [0, 0.1) is 0 Å². The van der Waals surface area contributed by atoms with Gasteiger partial charge < -0.3 is 10.1 Å². The molecule has 1 unspecified atom stereocenters. The summed E-state index contributed by atoms with van der Waals surface area (Å²) in [7, 11) is 0. The highest BCUT2D eigenvalue weighted by Gasteiger charge is 2.09. The zero-order chi connectivity index (χ0) is 12.5. The molecule has 1 heterocycles. The highest BCUT2D eigenvalue weighted by Crippen LogP contribution is 2.13. The first kappa shape index (κ1) is 13.9. The molecular weight excluding hydrogens is 234 g/mol. The lowest BCUT2D eigenvalue weighted by molar-refractivity contribution is -0.123. The van der Waals surface area contributed by atoms with Crippen LogP contribution < -0.4 is 5.32 Å². The van der Waals surface area contributed by atoms with Crippen LogP contribution in [0.3, 0.4) is 0 Å². The molecule has 0 aliphatic rings. The molecule has 0 aliphatic heterocycles. The van der Waals surface area contributed by atoms with Gasteiger partial charge in [-0.1, -0.05) is 19.4 Å². The lowest BCUT2D eigenvalue weighted by Crippen LogP contribution is -2.35. The van der Waals surface area contributed by atoms with E-state index in [2.05, 4.69) is 22.8 Å². The molecule has 0 saturated heterocycles. The van der Waals surface area contributed by atoms with Gasteiger partial charge in [-0.2, -0.15) is 0 Å². The zero-order valence-electron chi connectivity index (χ0n) is 10.1. The number of thiophene rings is 1. The fraction of sp³-hybridized carbons (Fsp3) is 0.538. The average Bonchev–Trinajstić information content (AvgIpc) is 2.85. The third-order valence-electron chi connectivity index (χ3n) is 2.60. The maximum Gasteiger partial charge on any atom is 0.220 e. The fourth-order valence-electron chi connectivity index (χ4n) is 1.60. The summed E-state index contributed by atoms with van der Waals surface area (Å²) in [5.74, 6) is -0.0552. The Hall–Kier alpha value is -1.16. The van der Waals surface area contributed by atoms with Crippen molar-refractivity contribution in [2.75, 3.05) is 0 Å². The number of carbonyl (C=O) groups excluding carboxylic acids is 2. The molecule has 0 saturated carbocycles. The van der Waals surface area contributed by atoms with Crippen LogP contribution in [0.1, 0.15) is 37.5 Å². The van der Waals surface area contributed by atoms with Crippen molar-refractivity contribution in [2.45, 2.75) is 45.1 Å². The molecule has 0 aromatic carbocycles. The van der Waals surface area contributed by atoms with Crippen LogP contribution in [0.2, 0.25) is 0 Å². The molecule has 1 N–H and O–H groups in total. The molecule has 1 atom stereocenters. The van der Waals surface area contributed by atoms with Gasteiger partial charge in [0.25, 0.3) is 0 Å². The Morgan fingerprint density at radius 2 is 2.35 bits per heavy atom. The Balaban J connectivity index is 2.15. The predicted molar refractivity (Wildman–Crippen MR) is 70.2 cm³/mol. The van der Waals surface area contributed by atoms with Crippen LogP contribution >= 0.6 is 11.3 Å². The molecule has 1 amide bonds. The number of unbranched alkanes of at least 4 members (excludes halogenated alkanes) is 1. The Morgan fingerprint density at radius 3 is 2.94 bits per heavy atom. The highest BCUT2D eigenvalue weighted by molar-refractivity contribution is 7.09. The summed E-state index contributed by atoms with van der Waals surface area (Å²) < 4.78 is 0. The summed E-state index contributed by atoms with van der Waals surface area (Å²) >= 11 is 1.76. The first-order valence-electron chi connectivity index (χ1n) is 6.03. The minimum absolute atomic E-state index is 0.0552. The van der Waals surface area contributed by atoms with Crippen LogP contribution in [0.25, 0.3) is 0 Å². The molecule has 94 valence electrons. The summed E-state index contributed by atoms with van der Waals surface area (Å²) in [6.07, 6.45) is 5.09. The molecule has 1 aromatic rings. The summed E-state index contributed by atoms with van der Waals surface area (Å²) in [4.78, 5) is 23.3. The van der Waals surface area contributed by atoms with E-state index < -0.39 is 0 Å². The summed E-state index contributed by atoms with van der Waals surface area (Å²) in [5, 5.41) is 4.78. The molecule has 1 rings (SSSR count). The largest absolute Gasteiger partial charge is 0.347 e. The van der Waals surface area contributed by atoms with E-state index in [1.54, 1.807) is 18.3 Å². The molecule has 0 spiro atoms. The van der Waals surface area contributed by atoms with Gasteiger partial charge in [-0.05, 0) is 30.7 Å². The van der Waals surface area contributed by atoms with E-state index in [0.29, 0.717) is 6.42 Å². The second-order valence-electron chi connectivity index (χ2n) is 3.99. The summed E-state index contributed by atoms with van der Waals surface area (Å²) in [5.41, 5.74) is 0. The smallest absolute Gasteiger partial charge is 0.220 e. The second kappa shape index (κ2) is 8.01. The number of aryl methyl sites for hydroxylation is 1. The molecule has 3 nitrogen and oxygen atoms in total. The summed E-state index contributed by atoms with van der Waals surface area (Å²) in [6, 6.07) is 3.86. The van der Waals surface area contributed by atoms with Gasteiger partial charge in [0.2, 0.25) is 5.91 Å². The van der Waals surface area contributed by atoms with Crippen molar-refractivity contribution in [3.05, 3.63) is 22.4 Å². The maximum atomic E-state index is 11.1. The van der Waals surface area contributed by atoms with Crippen molar-refractivity contribution in [2.24, 2.45) is 0 Å². The van der Waals surface area contributed by atoms with Crippen molar-refractivity contribution in [3.63, 3.8) is 0 Å². The minimum Gasteiger partial charge on any atom is -0.347 e. The van der Waals surface area contributed by atoms with Crippen LogP contribution in [0.4, 0.5) is 0 Å². The molecule has 17 heavy (non-hydrogen) atoms. The number of nitrogens with one attached hydrogen (secondary N) is 1. The molecule has 0 aliphatic carbocycles. The standard InChI is InChI=1S/C13H19NO2S/c1-2-13(16)14-11(10-15)6-3-4-7-12-8-5-9-17-12/h5,8-11H,2-4,6-7H2,1H3,(H,14,16). The van der Waals surface area contributed by atoms with Gasteiger partial charge in [0, 0.05) is 11.3 Å². The lowest BCUT2D eigenvalue weighted by Gasteiger charge is -2.11. The van der Waals surface area contributed by atoms with Gasteiger partial charge in [0.1, 0.15) is 6.29 Å². The minimum atomic E-state index is -0.314. The monoisotopic (exact) mass is 253 g/mol. The van der Waals surface area contributed by atoms with E-state index in [4.69, 9.17) is 0 Å². The van der Waals surface area contributed by atoms with Gasteiger partial charge >= 0.3 is 0 Å². The molecule has 0 fully saturated rings. The van der Waals surface area contributed by atoms with Gasteiger partial charge in [0.05, 0.1) is 6.04 Å². The number of hydrogen-bond acceptors (Lipinski definition) is 3. The van der Waals surface area contributed by atoms with E-state index in [9.17, 15) is 9.59 Å². The summed E-state index contributed by atoms with van der Waals surface area (Å²) in [6.45, 7) is 1.79. The van der Waals surface area contributed by atoms with E-state index in [1.165, 1.54) is 4.88 Å². The van der Waals surface area contributed by atoms with Crippen LogP contribution in [-0.4, -0.2) is 18.2 Å². The van der Waals surface area contributed by atoms with Gasteiger partial charge in [-0.25, -0.2) is 0 Å². The van der Waals surface area contributed by atoms with Crippen molar-refractivity contribution in [1.82, 2.24) is 5.32 Å². The van der Waals surface area contributed by atoms with Gasteiger partial charge in [-0.3, -0.25) is 4.79 Å². The first-order chi connectivity index (χ1) is 8.26. The van der Waals surface area contributed by atoms with Crippen molar-refractivity contribution in [1.29, 1.82) is 0 Å². The third-order valence-corrected chi connectivity index (χ3v) is 3.54. The molecule has 1 aromatic heterocycles. The van der Waals surface area contributed by atoms with Crippen molar-refractivity contribution >= 4 is 23.5 Å². The van der Waals surface area contributed by atoms with E-state index >= 15 is 0 Å². The van der Waals surface area contributed by atoms with Crippen molar-refractivity contribution < 1.29 is 9.59 Å². The van der Waals surface area contributed by atoms with Crippen LogP contribution in [0.15, 0.2) is 17.5 Å². The van der Waals surface area contributed by atoms with Gasteiger partial charge in [0.15, 0.2) is 0 Å².